The number of amides is 1. The standard InChI is InChI=1S/C39H47F4N3O5/c1-23(2)15-34(46-22-27(32(20-35(46)47)39(41,42)43)9-11-45-10-6-13-51-14-12-45)38(50)44-33(21-36(48)49)28-18-26-7-5-8-30(26)31(19-28)37-24(3)16-29(40)17-25(37)4/h16-20,22-23,33-34H,5-15,21H2,1-4H3,(H,44,50)(H,48,49)/t33-,34+/m0/s1. The molecule has 0 spiro atoms. The van der Waals surface area contributed by atoms with Crippen LogP contribution in [0, 0.1) is 25.6 Å². The first-order valence-corrected chi connectivity index (χ1v) is 17.7. The Morgan fingerprint density at radius 1 is 1.00 bits per heavy atom. The maximum absolute atomic E-state index is 14.3. The van der Waals surface area contributed by atoms with Crippen LogP contribution in [0.5, 0.6) is 0 Å². The number of aliphatic carboxylic acids is 1. The lowest BCUT2D eigenvalue weighted by molar-refractivity contribution is -0.139. The molecule has 8 nitrogen and oxygen atoms in total. The minimum absolute atomic E-state index is 0.00685. The van der Waals surface area contributed by atoms with Crippen LogP contribution >= 0.6 is 0 Å². The average Bonchev–Trinajstić information content (AvgIpc) is 3.36. The Labute approximate surface area is 295 Å². The molecule has 2 aromatic carbocycles. The SMILES string of the molecule is Cc1cc(F)cc(C)c1-c1cc([C@H](CC(=O)O)NC(=O)[C@@H](CC(C)C)n2cc(CCN3CCCOCC3)c(C(F)(F)F)cc2=O)cc2c1CCC2. The Morgan fingerprint density at radius 3 is 2.39 bits per heavy atom. The van der Waals surface area contributed by atoms with E-state index in [-0.39, 0.29) is 30.1 Å². The van der Waals surface area contributed by atoms with E-state index in [1.54, 1.807) is 0 Å². The number of carboxylic acid groups (broad SMARTS) is 1. The van der Waals surface area contributed by atoms with Gasteiger partial charge in [-0.2, -0.15) is 13.2 Å². The first kappa shape index (κ1) is 38.2. The summed E-state index contributed by atoms with van der Waals surface area (Å²) < 4.78 is 63.5. The summed E-state index contributed by atoms with van der Waals surface area (Å²) in [6.45, 7) is 9.97. The fourth-order valence-electron chi connectivity index (χ4n) is 7.58. The number of fused-ring (bicyclic) bond motifs is 1. The molecule has 0 saturated carbocycles. The van der Waals surface area contributed by atoms with Gasteiger partial charge in [-0.05, 0) is 121 Å². The van der Waals surface area contributed by atoms with E-state index >= 15 is 0 Å². The molecule has 0 unspecified atom stereocenters. The van der Waals surface area contributed by atoms with Crippen LogP contribution in [0.1, 0.15) is 90.6 Å². The van der Waals surface area contributed by atoms with Gasteiger partial charge in [0.05, 0.1) is 24.6 Å². The first-order valence-electron chi connectivity index (χ1n) is 17.7. The van der Waals surface area contributed by atoms with Crippen LogP contribution in [0.3, 0.4) is 0 Å². The molecule has 2 N–H and O–H groups in total. The highest BCUT2D eigenvalue weighted by atomic mass is 19.4. The Morgan fingerprint density at radius 2 is 1.73 bits per heavy atom. The molecule has 0 bridgehead atoms. The van der Waals surface area contributed by atoms with Gasteiger partial charge >= 0.3 is 12.1 Å². The zero-order valence-corrected chi connectivity index (χ0v) is 29.7. The number of carbonyl (C=O) groups is 2. The van der Waals surface area contributed by atoms with E-state index in [2.05, 4.69) is 5.32 Å². The number of hydrogen-bond acceptors (Lipinski definition) is 5. The molecule has 1 amide bonds. The molecule has 1 aliphatic heterocycles. The van der Waals surface area contributed by atoms with Gasteiger partial charge in [-0.3, -0.25) is 14.4 Å². The minimum Gasteiger partial charge on any atom is -0.481 e. The molecule has 0 radical (unpaired) electrons. The number of hydrogen-bond donors (Lipinski definition) is 2. The summed E-state index contributed by atoms with van der Waals surface area (Å²) in [5, 5.41) is 12.8. The predicted molar refractivity (Wildman–Crippen MR) is 186 cm³/mol. The molecule has 2 aliphatic rings. The van der Waals surface area contributed by atoms with Crippen molar-refractivity contribution in [2.75, 3.05) is 32.8 Å². The van der Waals surface area contributed by atoms with Crippen LogP contribution in [0.2, 0.25) is 0 Å². The van der Waals surface area contributed by atoms with E-state index in [0.29, 0.717) is 44.5 Å². The molecule has 51 heavy (non-hydrogen) atoms. The first-order chi connectivity index (χ1) is 24.1. The van der Waals surface area contributed by atoms with E-state index in [0.717, 1.165) is 69.8 Å². The quantitative estimate of drug-likeness (QED) is 0.197. The molecule has 1 fully saturated rings. The molecular formula is C39H47F4N3O5. The van der Waals surface area contributed by atoms with Gasteiger partial charge in [0.15, 0.2) is 0 Å². The van der Waals surface area contributed by atoms with Crippen molar-refractivity contribution in [3.8, 4) is 11.1 Å². The zero-order chi connectivity index (χ0) is 37.0. The van der Waals surface area contributed by atoms with E-state index in [4.69, 9.17) is 4.74 Å². The molecule has 12 heteroatoms. The number of pyridine rings is 1. The summed E-state index contributed by atoms with van der Waals surface area (Å²) in [5.74, 6) is -2.31. The van der Waals surface area contributed by atoms with Gasteiger partial charge in [0, 0.05) is 38.5 Å². The number of benzene rings is 2. The van der Waals surface area contributed by atoms with E-state index in [9.17, 15) is 37.1 Å². The van der Waals surface area contributed by atoms with Crippen molar-refractivity contribution in [3.63, 3.8) is 0 Å². The van der Waals surface area contributed by atoms with E-state index < -0.39 is 47.7 Å². The average molecular weight is 714 g/mol. The number of nitrogens with zero attached hydrogens (tertiary/aromatic N) is 2. The van der Waals surface area contributed by atoms with Crippen molar-refractivity contribution < 1.29 is 37.0 Å². The number of aryl methyl sites for hydroxylation is 3. The van der Waals surface area contributed by atoms with Gasteiger partial charge in [-0.15, -0.1) is 0 Å². The van der Waals surface area contributed by atoms with Crippen LogP contribution in [0.25, 0.3) is 11.1 Å². The smallest absolute Gasteiger partial charge is 0.416 e. The molecule has 1 saturated heterocycles. The highest BCUT2D eigenvalue weighted by molar-refractivity contribution is 5.82. The van der Waals surface area contributed by atoms with E-state index in [1.807, 2.05) is 44.7 Å². The van der Waals surface area contributed by atoms with Crippen molar-refractivity contribution in [2.24, 2.45) is 5.92 Å². The Bertz CT molecular complexity index is 1790. The summed E-state index contributed by atoms with van der Waals surface area (Å²) in [5.41, 5.74) is 3.77. The van der Waals surface area contributed by atoms with Crippen LogP contribution in [0.4, 0.5) is 17.6 Å². The zero-order valence-electron chi connectivity index (χ0n) is 29.7. The second-order valence-electron chi connectivity index (χ2n) is 14.3. The van der Waals surface area contributed by atoms with Crippen LogP contribution < -0.4 is 10.9 Å². The summed E-state index contributed by atoms with van der Waals surface area (Å²) in [4.78, 5) is 41.9. The van der Waals surface area contributed by atoms with Gasteiger partial charge < -0.3 is 24.6 Å². The third-order valence-corrected chi connectivity index (χ3v) is 9.92. The summed E-state index contributed by atoms with van der Waals surface area (Å²) >= 11 is 0. The Kier molecular flexibility index (Phi) is 12.1. The molecule has 276 valence electrons. The molecule has 1 aliphatic carbocycles. The van der Waals surface area contributed by atoms with Crippen molar-refractivity contribution >= 4 is 11.9 Å². The third-order valence-electron chi connectivity index (χ3n) is 9.92. The summed E-state index contributed by atoms with van der Waals surface area (Å²) in [6, 6.07) is 5.04. The van der Waals surface area contributed by atoms with Crippen LogP contribution in [0.15, 0.2) is 41.3 Å². The lowest BCUT2D eigenvalue weighted by atomic mass is 9.87. The topological polar surface area (TPSA) is 101 Å². The maximum Gasteiger partial charge on any atom is 0.416 e. The second kappa shape index (κ2) is 16.1. The number of carbonyl (C=O) groups excluding carboxylic acids is 1. The molecular weight excluding hydrogens is 666 g/mol. The molecule has 2 atom stereocenters. The van der Waals surface area contributed by atoms with Gasteiger partial charge in [-0.25, -0.2) is 4.39 Å². The maximum atomic E-state index is 14.3. The number of ether oxygens (including phenoxy) is 1. The lowest BCUT2D eigenvalue weighted by Crippen LogP contribution is -2.40. The fraction of sp³-hybridized carbons (Fsp3) is 0.513. The third kappa shape index (κ3) is 9.26. The minimum atomic E-state index is -4.77. The van der Waals surface area contributed by atoms with Gasteiger partial charge in [0.1, 0.15) is 11.9 Å². The molecule has 2 heterocycles. The summed E-state index contributed by atoms with van der Waals surface area (Å²) in [7, 11) is 0. The molecule has 3 aromatic rings. The monoisotopic (exact) mass is 713 g/mol. The van der Waals surface area contributed by atoms with Crippen molar-refractivity contribution in [3.05, 3.63) is 91.6 Å². The molecule has 1 aromatic heterocycles. The predicted octanol–water partition coefficient (Wildman–Crippen LogP) is 6.96. The van der Waals surface area contributed by atoms with Gasteiger partial charge in [0.25, 0.3) is 5.56 Å². The van der Waals surface area contributed by atoms with Crippen molar-refractivity contribution in [1.29, 1.82) is 0 Å². The second-order valence-corrected chi connectivity index (χ2v) is 14.3. The Balaban J connectivity index is 1.53. The summed E-state index contributed by atoms with van der Waals surface area (Å²) in [6.07, 6.45) is -0.735. The lowest BCUT2D eigenvalue weighted by Gasteiger charge is -2.27. The Hall–Kier alpha value is -4.03. The van der Waals surface area contributed by atoms with Crippen LogP contribution in [-0.2, 0) is 39.8 Å². The van der Waals surface area contributed by atoms with Gasteiger partial charge in [0.2, 0.25) is 5.91 Å². The largest absolute Gasteiger partial charge is 0.481 e. The van der Waals surface area contributed by atoms with Crippen LogP contribution in [-0.4, -0.2) is 59.3 Å². The van der Waals surface area contributed by atoms with E-state index in [1.165, 1.54) is 12.1 Å². The van der Waals surface area contributed by atoms with Crippen molar-refractivity contribution in [1.82, 2.24) is 14.8 Å². The highest BCUT2D eigenvalue weighted by Crippen LogP contribution is 2.39. The number of aromatic nitrogens is 1. The van der Waals surface area contributed by atoms with Gasteiger partial charge in [-0.1, -0.05) is 19.9 Å². The number of alkyl halides is 3. The fourth-order valence-corrected chi connectivity index (χ4v) is 7.58. The number of nitrogens with one attached hydrogen (secondary N) is 1. The number of halogens is 4. The number of rotatable bonds is 12. The normalized spacial score (nSPS) is 16.5. The highest BCUT2D eigenvalue weighted by Gasteiger charge is 2.36. The van der Waals surface area contributed by atoms with Crippen molar-refractivity contribution in [2.45, 2.75) is 90.9 Å². The number of carboxylic acids is 1. The molecule has 5 rings (SSSR count).